The third kappa shape index (κ3) is 3.05. The Balaban J connectivity index is 1.65. The molecule has 0 bridgehead atoms. The van der Waals surface area contributed by atoms with Crippen molar-refractivity contribution in [2.75, 3.05) is 24.2 Å². The number of rotatable bonds is 6. The number of nitrogens with one attached hydrogen (secondary N) is 2. The van der Waals surface area contributed by atoms with E-state index in [4.69, 9.17) is 4.98 Å². The molecule has 2 aliphatic carbocycles. The fraction of sp³-hybridized carbons (Fsp3) is 0.750. The van der Waals surface area contributed by atoms with Crippen molar-refractivity contribution < 1.29 is 0 Å². The van der Waals surface area contributed by atoms with Crippen LogP contribution in [0.25, 0.3) is 0 Å². The minimum absolute atomic E-state index is 0.595. The summed E-state index contributed by atoms with van der Waals surface area (Å²) in [5.74, 6) is 4.55. The molecule has 2 saturated carbocycles. The second-order valence-corrected chi connectivity index (χ2v) is 6.29. The molecule has 0 amide bonds. The van der Waals surface area contributed by atoms with E-state index in [0.717, 1.165) is 35.5 Å². The molecule has 1 aromatic heterocycles. The Morgan fingerprint density at radius 3 is 2.40 bits per heavy atom. The van der Waals surface area contributed by atoms with Crippen LogP contribution in [0.15, 0.2) is 0 Å². The first-order valence-corrected chi connectivity index (χ1v) is 8.08. The highest BCUT2D eigenvalue weighted by Crippen LogP contribution is 2.39. The molecule has 3 rings (SSSR count). The van der Waals surface area contributed by atoms with Gasteiger partial charge in [-0.3, -0.25) is 0 Å². The number of aromatic nitrogens is 2. The van der Waals surface area contributed by atoms with E-state index in [9.17, 15) is 0 Å². The van der Waals surface area contributed by atoms with Crippen molar-refractivity contribution in [2.24, 2.45) is 5.92 Å². The van der Waals surface area contributed by atoms with Crippen molar-refractivity contribution in [3.63, 3.8) is 0 Å². The highest BCUT2D eigenvalue weighted by Gasteiger charge is 2.28. The summed E-state index contributed by atoms with van der Waals surface area (Å²) < 4.78 is 0. The molecule has 0 saturated heterocycles. The molecule has 0 radical (unpaired) electrons. The van der Waals surface area contributed by atoms with Crippen molar-refractivity contribution in [1.29, 1.82) is 0 Å². The zero-order valence-electron chi connectivity index (χ0n) is 12.7. The van der Waals surface area contributed by atoms with E-state index >= 15 is 0 Å². The Kier molecular flexibility index (Phi) is 4.08. The highest BCUT2D eigenvalue weighted by atomic mass is 15.1. The van der Waals surface area contributed by atoms with Crippen molar-refractivity contribution >= 4 is 11.6 Å². The smallest absolute Gasteiger partial charge is 0.136 e. The van der Waals surface area contributed by atoms with E-state index in [2.05, 4.69) is 22.5 Å². The molecule has 0 aliphatic heterocycles. The molecule has 0 atom stereocenters. The maximum atomic E-state index is 4.74. The van der Waals surface area contributed by atoms with E-state index in [1.54, 1.807) is 0 Å². The molecular weight excluding hydrogens is 248 g/mol. The minimum Gasteiger partial charge on any atom is -0.373 e. The summed E-state index contributed by atoms with van der Waals surface area (Å²) in [7, 11) is 1.94. The van der Waals surface area contributed by atoms with E-state index in [-0.39, 0.29) is 0 Å². The van der Waals surface area contributed by atoms with Gasteiger partial charge in [0, 0.05) is 25.1 Å². The second kappa shape index (κ2) is 5.98. The van der Waals surface area contributed by atoms with Crippen molar-refractivity contribution in [2.45, 2.75) is 57.8 Å². The van der Waals surface area contributed by atoms with E-state index in [1.807, 2.05) is 7.05 Å². The van der Waals surface area contributed by atoms with Crippen LogP contribution in [0.3, 0.4) is 0 Å². The SMILES string of the molecule is CNc1nc(C2CC2)nc(NCCC2CCCC2)c1C. The number of anilines is 2. The molecule has 1 heterocycles. The molecule has 0 aromatic carbocycles. The van der Waals surface area contributed by atoms with Gasteiger partial charge in [-0.15, -0.1) is 0 Å². The Morgan fingerprint density at radius 1 is 1.05 bits per heavy atom. The third-order valence-corrected chi connectivity index (χ3v) is 4.66. The van der Waals surface area contributed by atoms with Gasteiger partial charge in [0.1, 0.15) is 17.5 Å². The van der Waals surface area contributed by atoms with Crippen molar-refractivity contribution in [1.82, 2.24) is 9.97 Å². The molecule has 2 N–H and O–H groups in total. The lowest BCUT2D eigenvalue weighted by molar-refractivity contribution is 0.518. The predicted octanol–water partition coefficient (Wildman–Crippen LogP) is 3.70. The lowest BCUT2D eigenvalue weighted by atomic mass is 10.0. The Labute approximate surface area is 121 Å². The molecular formula is C16H26N4. The van der Waals surface area contributed by atoms with Gasteiger partial charge >= 0.3 is 0 Å². The van der Waals surface area contributed by atoms with Gasteiger partial charge in [-0.2, -0.15) is 0 Å². The van der Waals surface area contributed by atoms with Gasteiger partial charge in [-0.05, 0) is 32.1 Å². The number of nitrogens with zero attached hydrogens (tertiary/aromatic N) is 2. The molecule has 4 heteroatoms. The van der Waals surface area contributed by atoms with E-state index in [0.29, 0.717) is 5.92 Å². The summed E-state index contributed by atoms with van der Waals surface area (Å²) in [4.78, 5) is 9.38. The summed E-state index contributed by atoms with van der Waals surface area (Å²) in [6, 6.07) is 0. The fourth-order valence-corrected chi connectivity index (χ4v) is 3.17. The second-order valence-electron chi connectivity index (χ2n) is 6.29. The van der Waals surface area contributed by atoms with Crippen molar-refractivity contribution in [3.8, 4) is 0 Å². The monoisotopic (exact) mass is 274 g/mol. The Morgan fingerprint density at radius 2 is 1.75 bits per heavy atom. The van der Waals surface area contributed by atoms with Crippen LogP contribution in [0.4, 0.5) is 11.6 Å². The van der Waals surface area contributed by atoms with E-state index in [1.165, 1.54) is 44.9 Å². The van der Waals surface area contributed by atoms with Crippen LogP contribution in [-0.2, 0) is 0 Å². The Bertz CT molecular complexity index is 462. The summed E-state index contributed by atoms with van der Waals surface area (Å²) in [5.41, 5.74) is 1.14. The first-order chi connectivity index (χ1) is 9.78. The molecule has 2 aliphatic rings. The highest BCUT2D eigenvalue weighted by molar-refractivity contribution is 5.57. The van der Waals surface area contributed by atoms with Crippen LogP contribution in [0, 0.1) is 12.8 Å². The van der Waals surface area contributed by atoms with Crippen LogP contribution in [0.2, 0.25) is 0 Å². The van der Waals surface area contributed by atoms with Crippen LogP contribution in [0.5, 0.6) is 0 Å². The summed E-state index contributed by atoms with van der Waals surface area (Å²) in [6.07, 6.45) is 9.44. The summed E-state index contributed by atoms with van der Waals surface area (Å²) in [6.45, 7) is 3.14. The molecule has 110 valence electrons. The van der Waals surface area contributed by atoms with E-state index < -0.39 is 0 Å². The largest absolute Gasteiger partial charge is 0.373 e. The van der Waals surface area contributed by atoms with Gasteiger partial charge in [0.25, 0.3) is 0 Å². The summed E-state index contributed by atoms with van der Waals surface area (Å²) in [5, 5.41) is 6.75. The van der Waals surface area contributed by atoms with Gasteiger partial charge in [0.05, 0.1) is 0 Å². The first-order valence-electron chi connectivity index (χ1n) is 8.08. The van der Waals surface area contributed by atoms with Crippen LogP contribution >= 0.6 is 0 Å². The van der Waals surface area contributed by atoms with Crippen molar-refractivity contribution in [3.05, 3.63) is 11.4 Å². The zero-order valence-corrected chi connectivity index (χ0v) is 12.7. The number of hydrogen-bond acceptors (Lipinski definition) is 4. The fourth-order valence-electron chi connectivity index (χ4n) is 3.17. The Hall–Kier alpha value is -1.32. The molecule has 0 spiro atoms. The van der Waals surface area contributed by atoms with Gasteiger partial charge in [-0.25, -0.2) is 9.97 Å². The molecule has 4 nitrogen and oxygen atoms in total. The summed E-state index contributed by atoms with van der Waals surface area (Å²) >= 11 is 0. The number of hydrogen-bond donors (Lipinski definition) is 2. The average Bonchev–Trinajstić information content (AvgIpc) is 3.18. The predicted molar refractivity (Wildman–Crippen MR) is 83.4 cm³/mol. The topological polar surface area (TPSA) is 49.8 Å². The van der Waals surface area contributed by atoms with Gasteiger partial charge in [-0.1, -0.05) is 25.7 Å². The average molecular weight is 274 g/mol. The molecule has 0 unspecified atom stereocenters. The first kappa shape index (κ1) is 13.7. The minimum atomic E-state index is 0.595. The normalized spacial score (nSPS) is 19.3. The molecule has 2 fully saturated rings. The van der Waals surface area contributed by atoms with Crippen LogP contribution in [-0.4, -0.2) is 23.6 Å². The van der Waals surface area contributed by atoms with Gasteiger partial charge in [0.2, 0.25) is 0 Å². The molecule has 20 heavy (non-hydrogen) atoms. The maximum Gasteiger partial charge on any atom is 0.136 e. The third-order valence-electron chi connectivity index (χ3n) is 4.66. The van der Waals surface area contributed by atoms with Crippen LogP contribution in [0.1, 0.15) is 62.3 Å². The lowest BCUT2D eigenvalue weighted by Gasteiger charge is -2.15. The van der Waals surface area contributed by atoms with Gasteiger partial charge in [0.15, 0.2) is 0 Å². The maximum absolute atomic E-state index is 4.74. The standard InChI is InChI=1S/C16H26N4/c1-11-14(17-2)19-16(13-7-8-13)20-15(11)18-10-9-12-5-3-4-6-12/h12-13H,3-10H2,1-2H3,(H2,17,18,19,20). The lowest BCUT2D eigenvalue weighted by Crippen LogP contribution is -2.12. The van der Waals surface area contributed by atoms with Crippen LogP contribution < -0.4 is 10.6 Å². The quantitative estimate of drug-likeness (QED) is 0.830. The zero-order chi connectivity index (χ0) is 13.9. The molecule has 1 aromatic rings. The van der Waals surface area contributed by atoms with Gasteiger partial charge < -0.3 is 10.6 Å².